The second-order valence-corrected chi connectivity index (χ2v) is 6.62. The Morgan fingerprint density at radius 2 is 1.68 bits per heavy atom. The fourth-order valence-corrected chi connectivity index (χ4v) is 3.18. The molecule has 0 spiro atoms. The van der Waals surface area contributed by atoms with Gasteiger partial charge in [-0.15, -0.1) is 0 Å². The summed E-state index contributed by atoms with van der Waals surface area (Å²) in [7, 11) is 1.47. The zero-order chi connectivity index (χ0) is 19.5. The predicted molar refractivity (Wildman–Crippen MR) is 109 cm³/mol. The van der Waals surface area contributed by atoms with Crippen molar-refractivity contribution in [3.8, 4) is 33.9 Å². The lowest BCUT2D eigenvalue weighted by Gasteiger charge is -2.08. The lowest BCUT2D eigenvalue weighted by Crippen LogP contribution is -1.98. The van der Waals surface area contributed by atoms with Crippen molar-refractivity contribution < 1.29 is 9.84 Å². The van der Waals surface area contributed by atoms with Gasteiger partial charge in [0.2, 0.25) is 0 Å². The van der Waals surface area contributed by atoms with Gasteiger partial charge in [-0.25, -0.2) is 4.98 Å². The molecule has 0 aliphatic rings. The molecule has 0 bridgehead atoms. The highest BCUT2D eigenvalue weighted by molar-refractivity contribution is 5.81. The number of nitrogens with one attached hydrogen (secondary N) is 1. The van der Waals surface area contributed by atoms with Crippen LogP contribution >= 0.6 is 0 Å². The number of aryl methyl sites for hydroxylation is 1. The van der Waals surface area contributed by atoms with E-state index in [-0.39, 0.29) is 0 Å². The molecule has 2 aromatic carbocycles. The van der Waals surface area contributed by atoms with Crippen LogP contribution in [-0.2, 0) is 4.74 Å². The van der Waals surface area contributed by atoms with Crippen LogP contribution in [0.15, 0.2) is 73.1 Å². The van der Waals surface area contributed by atoms with Gasteiger partial charge in [0, 0.05) is 41.8 Å². The number of aromatic amines is 1. The third-order valence-corrected chi connectivity index (χ3v) is 4.66. The molecule has 140 valence electrons. The zero-order valence-corrected chi connectivity index (χ0v) is 15.8. The highest BCUT2D eigenvalue weighted by Crippen LogP contribution is 2.33. The van der Waals surface area contributed by atoms with E-state index in [1.54, 1.807) is 12.4 Å². The molecular formula is C23H21N3O2. The molecule has 1 unspecified atom stereocenters. The molecule has 4 aromatic rings. The van der Waals surface area contributed by atoms with Crippen LogP contribution in [0.4, 0.5) is 0 Å². The van der Waals surface area contributed by atoms with Crippen LogP contribution in [-0.4, -0.2) is 27.2 Å². The fourth-order valence-electron chi connectivity index (χ4n) is 3.18. The molecule has 0 amide bonds. The van der Waals surface area contributed by atoms with Crippen LogP contribution < -0.4 is 0 Å². The minimum Gasteiger partial charge on any atom is -0.364 e. The van der Waals surface area contributed by atoms with Gasteiger partial charge in [-0.1, -0.05) is 48.0 Å². The van der Waals surface area contributed by atoms with Crippen molar-refractivity contribution in [1.82, 2.24) is 15.0 Å². The minimum absolute atomic E-state index is 0.700. The SMILES string of the molecule is COC(O)c1ccc(-c2nc(-c3cccc(C)c3)c(-c3ccncc3)[nH]2)cc1. The van der Waals surface area contributed by atoms with E-state index in [2.05, 4.69) is 35.1 Å². The summed E-state index contributed by atoms with van der Waals surface area (Å²) in [6.45, 7) is 2.07. The Bertz CT molecular complexity index is 1070. The van der Waals surface area contributed by atoms with E-state index < -0.39 is 6.29 Å². The van der Waals surface area contributed by atoms with Gasteiger partial charge in [-0.2, -0.15) is 0 Å². The number of imidazole rings is 1. The van der Waals surface area contributed by atoms with E-state index >= 15 is 0 Å². The third kappa shape index (κ3) is 3.58. The molecule has 0 saturated heterocycles. The summed E-state index contributed by atoms with van der Waals surface area (Å²) >= 11 is 0. The standard InChI is InChI=1S/C23H21N3O2/c1-15-4-3-5-19(14-15)21-20(16-10-12-24-13-11-16)25-22(26-21)17-6-8-18(9-7-17)23(27)28-2/h3-14,23,27H,1-2H3,(H,25,26). The van der Waals surface area contributed by atoms with Gasteiger partial charge in [0.25, 0.3) is 0 Å². The maximum atomic E-state index is 9.81. The van der Waals surface area contributed by atoms with Crippen LogP contribution in [0, 0.1) is 6.92 Å². The first-order valence-corrected chi connectivity index (χ1v) is 9.04. The average Bonchev–Trinajstić information content (AvgIpc) is 3.19. The Balaban J connectivity index is 1.81. The number of aromatic nitrogens is 3. The van der Waals surface area contributed by atoms with Gasteiger partial charge in [0.1, 0.15) is 5.82 Å². The number of ether oxygens (including phenoxy) is 1. The van der Waals surface area contributed by atoms with Gasteiger partial charge >= 0.3 is 0 Å². The van der Waals surface area contributed by atoms with Crippen LogP contribution in [0.3, 0.4) is 0 Å². The Kier molecular flexibility index (Phi) is 5.02. The summed E-state index contributed by atoms with van der Waals surface area (Å²) in [5.41, 5.74) is 6.74. The lowest BCUT2D eigenvalue weighted by atomic mass is 10.0. The highest BCUT2D eigenvalue weighted by Gasteiger charge is 2.16. The van der Waals surface area contributed by atoms with Crippen molar-refractivity contribution in [2.24, 2.45) is 0 Å². The monoisotopic (exact) mass is 371 g/mol. The number of methoxy groups -OCH3 is 1. The van der Waals surface area contributed by atoms with Crippen molar-refractivity contribution in [2.75, 3.05) is 7.11 Å². The second-order valence-electron chi connectivity index (χ2n) is 6.62. The largest absolute Gasteiger partial charge is 0.364 e. The van der Waals surface area contributed by atoms with Crippen LogP contribution in [0.25, 0.3) is 33.9 Å². The van der Waals surface area contributed by atoms with Crippen molar-refractivity contribution in [3.63, 3.8) is 0 Å². The second kappa shape index (κ2) is 7.76. The first-order chi connectivity index (χ1) is 13.7. The smallest absolute Gasteiger partial charge is 0.180 e. The molecule has 5 heteroatoms. The van der Waals surface area contributed by atoms with Crippen molar-refractivity contribution >= 4 is 0 Å². The number of hydrogen-bond acceptors (Lipinski definition) is 4. The molecule has 2 aromatic heterocycles. The predicted octanol–water partition coefficient (Wildman–Crippen LogP) is 4.75. The molecule has 0 aliphatic carbocycles. The van der Waals surface area contributed by atoms with Crippen molar-refractivity contribution in [2.45, 2.75) is 13.2 Å². The van der Waals surface area contributed by atoms with E-state index in [0.717, 1.165) is 33.9 Å². The van der Waals surface area contributed by atoms with Gasteiger partial charge in [-0.05, 0) is 25.1 Å². The van der Waals surface area contributed by atoms with Gasteiger partial charge in [0.15, 0.2) is 6.29 Å². The number of H-pyrrole nitrogens is 1. The van der Waals surface area contributed by atoms with Crippen LogP contribution in [0.1, 0.15) is 17.4 Å². The molecule has 0 fully saturated rings. The number of nitrogens with zero attached hydrogens (tertiary/aromatic N) is 2. The van der Waals surface area contributed by atoms with E-state index in [1.807, 2.05) is 42.5 Å². The molecule has 2 N–H and O–H groups in total. The summed E-state index contributed by atoms with van der Waals surface area (Å²) in [6.07, 6.45) is 2.62. The number of aliphatic hydroxyl groups is 1. The number of benzene rings is 2. The zero-order valence-electron chi connectivity index (χ0n) is 15.8. The quantitative estimate of drug-likeness (QED) is 0.497. The Morgan fingerprint density at radius 3 is 2.36 bits per heavy atom. The first-order valence-electron chi connectivity index (χ1n) is 9.04. The number of pyridine rings is 1. The molecule has 5 nitrogen and oxygen atoms in total. The van der Waals surface area contributed by atoms with Crippen LogP contribution in [0.2, 0.25) is 0 Å². The molecule has 4 rings (SSSR count). The molecular weight excluding hydrogens is 350 g/mol. The number of hydrogen-bond donors (Lipinski definition) is 2. The first kappa shape index (κ1) is 18.1. The maximum Gasteiger partial charge on any atom is 0.180 e. The number of aliphatic hydroxyl groups excluding tert-OH is 1. The van der Waals surface area contributed by atoms with E-state index in [1.165, 1.54) is 12.7 Å². The highest BCUT2D eigenvalue weighted by atomic mass is 16.6. The maximum absolute atomic E-state index is 9.81. The van der Waals surface area contributed by atoms with E-state index in [0.29, 0.717) is 5.56 Å². The van der Waals surface area contributed by atoms with Crippen LogP contribution in [0.5, 0.6) is 0 Å². The summed E-state index contributed by atoms with van der Waals surface area (Å²) < 4.78 is 4.96. The lowest BCUT2D eigenvalue weighted by molar-refractivity contribution is -0.0769. The topological polar surface area (TPSA) is 71.0 Å². The molecule has 0 aliphatic heterocycles. The summed E-state index contributed by atoms with van der Waals surface area (Å²) in [4.78, 5) is 12.5. The van der Waals surface area contributed by atoms with Gasteiger partial charge in [-0.3, -0.25) is 4.98 Å². The third-order valence-electron chi connectivity index (χ3n) is 4.66. The molecule has 0 saturated carbocycles. The molecule has 1 atom stereocenters. The van der Waals surface area contributed by atoms with E-state index in [9.17, 15) is 5.11 Å². The average molecular weight is 371 g/mol. The van der Waals surface area contributed by atoms with Crippen molar-refractivity contribution in [1.29, 1.82) is 0 Å². The summed E-state index contributed by atoms with van der Waals surface area (Å²) in [5, 5.41) is 9.81. The molecule has 2 heterocycles. The normalized spacial score (nSPS) is 12.1. The van der Waals surface area contributed by atoms with E-state index in [4.69, 9.17) is 9.72 Å². The molecule has 0 radical (unpaired) electrons. The summed E-state index contributed by atoms with van der Waals surface area (Å²) in [5.74, 6) is 0.766. The summed E-state index contributed by atoms with van der Waals surface area (Å²) in [6, 6.07) is 19.8. The van der Waals surface area contributed by atoms with Gasteiger partial charge < -0.3 is 14.8 Å². The number of rotatable bonds is 5. The van der Waals surface area contributed by atoms with Crippen molar-refractivity contribution in [3.05, 3.63) is 84.2 Å². The Labute approximate surface area is 163 Å². The fraction of sp³-hybridized carbons (Fsp3) is 0.130. The minimum atomic E-state index is -0.930. The Hall–Kier alpha value is -3.28. The Morgan fingerprint density at radius 1 is 0.929 bits per heavy atom. The molecule has 28 heavy (non-hydrogen) atoms. The van der Waals surface area contributed by atoms with Gasteiger partial charge in [0.05, 0.1) is 11.4 Å².